The van der Waals surface area contributed by atoms with Crippen molar-refractivity contribution in [3.63, 3.8) is 0 Å². The second-order valence-corrected chi connectivity index (χ2v) is 8.47. The molecule has 9 heteroatoms. The standard InChI is InChI=1S/C6H4IO4Si4/c7-5-3-1-2-4-6(5)15-10-13-8-12-9-14-11-15/h1-4H. The Morgan fingerprint density at radius 3 is 2.33 bits per heavy atom. The fourth-order valence-corrected chi connectivity index (χ4v) is 6.41. The van der Waals surface area contributed by atoms with Crippen molar-refractivity contribution in [1.82, 2.24) is 0 Å². The van der Waals surface area contributed by atoms with Crippen LogP contribution < -0.4 is 5.19 Å². The summed E-state index contributed by atoms with van der Waals surface area (Å²) in [6, 6.07) is 8.04. The minimum Gasteiger partial charge on any atom is -0.412 e. The third-order valence-corrected chi connectivity index (χ3v) is 7.34. The van der Waals surface area contributed by atoms with Gasteiger partial charge in [-0.3, -0.25) is 0 Å². The van der Waals surface area contributed by atoms with E-state index in [0.29, 0.717) is 0 Å². The zero-order chi connectivity index (χ0) is 10.5. The first-order chi connectivity index (χ1) is 7.38. The Bertz CT molecular complexity index is 320. The van der Waals surface area contributed by atoms with Gasteiger partial charge in [0.1, 0.15) is 0 Å². The average Bonchev–Trinajstić information content (AvgIpc) is 2.19. The van der Waals surface area contributed by atoms with Crippen LogP contribution in [0, 0.1) is 3.57 Å². The van der Waals surface area contributed by atoms with Crippen LogP contribution in [0.15, 0.2) is 24.3 Å². The van der Waals surface area contributed by atoms with E-state index in [9.17, 15) is 0 Å². The molecule has 1 aliphatic heterocycles. The van der Waals surface area contributed by atoms with Crippen molar-refractivity contribution < 1.29 is 16.5 Å². The Kier molecular flexibility index (Phi) is 5.18. The van der Waals surface area contributed by atoms with Crippen LogP contribution in [0.4, 0.5) is 0 Å². The highest BCUT2D eigenvalue weighted by atomic mass is 127. The molecule has 0 aliphatic carbocycles. The molecule has 1 aromatic carbocycles. The van der Waals surface area contributed by atoms with Crippen molar-refractivity contribution in [2.45, 2.75) is 0 Å². The van der Waals surface area contributed by atoms with Gasteiger partial charge in [0.2, 0.25) is 0 Å². The van der Waals surface area contributed by atoms with Crippen molar-refractivity contribution in [1.29, 1.82) is 0 Å². The van der Waals surface area contributed by atoms with Crippen LogP contribution in [0.2, 0.25) is 0 Å². The SMILES string of the molecule is Ic1ccccc1[Si]1O[Si]O[Si]O[Si]O1. The van der Waals surface area contributed by atoms with Crippen molar-refractivity contribution in [2.24, 2.45) is 0 Å². The summed E-state index contributed by atoms with van der Waals surface area (Å²) in [5.74, 6) is 0. The van der Waals surface area contributed by atoms with Crippen LogP contribution in [0.3, 0.4) is 0 Å². The zero-order valence-corrected chi connectivity index (χ0v) is 13.5. The van der Waals surface area contributed by atoms with Gasteiger partial charge in [-0.05, 0) is 28.7 Å². The van der Waals surface area contributed by atoms with Gasteiger partial charge in [-0.2, -0.15) is 0 Å². The molecule has 1 heterocycles. The van der Waals surface area contributed by atoms with Crippen LogP contribution in [-0.4, -0.2) is 39.3 Å². The number of benzene rings is 1. The Labute approximate surface area is 111 Å². The molecule has 0 bridgehead atoms. The predicted molar refractivity (Wildman–Crippen MR) is 66.1 cm³/mol. The zero-order valence-electron chi connectivity index (χ0n) is 7.32. The minimum absolute atomic E-state index is 0.00124. The fourth-order valence-electron chi connectivity index (χ4n) is 0.930. The van der Waals surface area contributed by atoms with Gasteiger partial charge >= 0.3 is 39.3 Å². The van der Waals surface area contributed by atoms with Gasteiger partial charge in [0.05, 0.1) is 0 Å². The maximum Gasteiger partial charge on any atom is 0.413 e. The van der Waals surface area contributed by atoms with Crippen molar-refractivity contribution >= 4 is 67.1 Å². The third-order valence-electron chi connectivity index (χ3n) is 1.53. The lowest BCUT2D eigenvalue weighted by molar-refractivity contribution is 0.337. The van der Waals surface area contributed by atoms with E-state index in [2.05, 4.69) is 22.6 Å². The maximum absolute atomic E-state index is 5.56. The molecule has 0 unspecified atom stereocenters. The summed E-state index contributed by atoms with van der Waals surface area (Å²) < 4.78 is 22.5. The quantitative estimate of drug-likeness (QED) is 0.495. The van der Waals surface area contributed by atoms with Gasteiger partial charge in [-0.1, -0.05) is 18.2 Å². The monoisotopic (exact) mass is 379 g/mol. The molecule has 2 rings (SSSR count). The van der Waals surface area contributed by atoms with E-state index in [-0.39, 0.29) is 30.0 Å². The number of hydrogen-bond acceptors (Lipinski definition) is 4. The van der Waals surface area contributed by atoms with Crippen LogP contribution in [0.25, 0.3) is 0 Å². The van der Waals surface area contributed by atoms with E-state index in [1.165, 1.54) is 0 Å². The largest absolute Gasteiger partial charge is 0.413 e. The highest BCUT2D eigenvalue weighted by molar-refractivity contribution is 14.1. The second-order valence-electron chi connectivity index (χ2n) is 2.43. The molecule has 7 radical (unpaired) electrons. The summed E-state index contributed by atoms with van der Waals surface area (Å²) in [5, 5.41) is 1.11. The van der Waals surface area contributed by atoms with E-state index < -0.39 is 9.28 Å². The lowest BCUT2D eigenvalue weighted by Crippen LogP contribution is -2.43. The third kappa shape index (κ3) is 3.57. The first-order valence-electron chi connectivity index (χ1n) is 3.90. The highest BCUT2D eigenvalue weighted by Crippen LogP contribution is 2.04. The molecule has 0 saturated carbocycles. The first-order valence-corrected chi connectivity index (χ1v) is 8.74. The molecular formula is C6H4IO4Si4. The Morgan fingerprint density at radius 2 is 1.67 bits per heavy atom. The summed E-state index contributed by atoms with van der Waals surface area (Å²) in [7, 11) is -1.42. The fraction of sp³-hybridized carbons (Fsp3) is 0. The summed E-state index contributed by atoms with van der Waals surface area (Å²) in [6.45, 7) is 0. The van der Waals surface area contributed by atoms with Crippen molar-refractivity contribution in [3.8, 4) is 0 Å². The summed E-state index contributed by atoms with van der Waals surface area (Å²) in [5.41, 5.74) is 0. The Hall–Kier alpha value is 0.658. The molecule has 4 nitrogen and oxygen atoms in total. The van der Waals surface area contributed by atoms with Gasteiger partial charge in [-0.25, -0.2) is 0 Å². The molecule has 0 amide bonds. The maximum atomic E-state index is 5.56. The smallest absolute Gasteiger partial charge is 0.412 e. The molecule has 75 valence electrons. The van der Waals surface area contributed by atoms with Gasteiger partial charge < -0.3 is 16.5 Å². The van der Waals surface area contributed by atoms with Crippen molar-refractivity contribution in [2.75, 3.05) is 0 Å². The van der Waals surface area contributed by atoms with Gasteiger partial charge in [0.25, 0.3) is 0 Å². The van der Waals surface area contributed by atoms with Crippen LogP contribution in [0.5, 0.6) is 0 Å². The number of halogens is 1. The normalized spacial score (nSPS) is 19.5. The van der Waals surface area contributed by atoms with Crippen LogP contribution in [0.1, 0.15) is 0 Å². The lowest BCUT2D eigenvalue weighted by atomic mass is 10.4. The lowest BCUT2D eigenvalue weighted by Gasteiger charge is -2.17. The van der Waals surface area contributed by atoms with Crippen molar-refractivity contribution in [3.05, 3.63) is 27.8 Å². The molecule has 1 fully saturated rings. The highest BCUT2D eigenvalue weighted by Gasteiger charge is 2.24. The van der Waals surface area contributed by atoms with E-state index >= 15 is 0 Å². The summed E-state index contributed by atoms with van der Waals surface area (Å²) in [4.78, 5) is 0. The predicted octanol–water partition coefficient (Wildman–Crippen LogP) is -0.331. The molecule has 1 saturated heterocycles. The first kappa shape index (κ1) is 12.1. The molecule has 0 atom stereocenters. The number of hydrogen-bond donors (Lipinski definition) is 0. The van der Waals surface area contributed by atoms with Crippen LogP contribution in [-0.2, 0) is 16.5 Å². The molecule has 0 spiro atoms. The molecule has 15 heavy (non-hydrogen) atoms. The topological polar surface area (TPSA) is 36.9 Å². The minimum atomic E-state index is -1.44. The van der Waals surface area contributed by atoms with Gasteiger partial charge in [-0.15, -0.1) is 0 Å². The summed E-state index contributed by atoms with van der Waals surface area (Å²) in [6.07, 6.45) is 0. The Morgan fingerprint density at radius 1 is 1.00 bits per heavy atom. The molecular weight excluding hydrogens is 375 g/mol. The van der Waals surface area contributed by atoms with Gasteiger partial charge in [0.15, 0.2) is 0 Å². The second kappa shape index (κ2) is 6.41. The van der Waals surface area contributed by atoms with E-state index in [4.69, 9.17) is 16.5 Å². The van der Waals surface area contributed by atoms with E-state index in [1.54, 1.807) is 0 Å². The molecule has 1 aliphatic rings. The average molecular weight is 379 g/mol. The van der Waals surface area contributed by atoms with E-state index in [0.717, 1.165) is 8.76 Å². The Balaban J connectivity index is 2.10. The molecule has 0 aromatic heterocycles. The molecule has 0 N–H and O–H groups in total. The number of rotatable bonds is 1. The summed E-state index contributed by atoms with van der Waals surface area (Å²) >= 11 is 2.28. The van der Waals surface area contributed by atoms with Crippen LogP contribution >= 0.6 is 22.6 Å². The van der Waals surface area contributed by atoms with E-state index in [1.807, 2.05) is 24.3 Å². The van der Waals surface area contributed by atoms with Gasteiger partial charge in [0, 0.05) is 8.76 Å². The molecule has 1 aromatic rings.